The minimum Gasteiger partial charge on any atom is -0.0619 e. The molecule has 2 aromatic carbocycles. The van der Waals surface area contributed by atoms with Crippen LogP contribution in [0, 0.1) is 5.92 Å². The van der Waals surface area contributed by atoms with Crippen molar-refractivity contribution in [2.45, 2.75) is 39.0 Å². The summed E-state index contributed by atoms with van der Waals surface area (Å²) in [6.07, 6.45) is 1.17. The Balaban J connectivity index is 1.73. The van der Waals surface area contributed by atoms with Crippen LogP contribution < -0.4 is 0 Å². The Labute approximate surface area is 138 Å². The zero-order valence-corrected chi connectivity index (χ0v) is 14.1. The fourth-order valence-electron chi connectivity index (χ4n) is 5.49. The van der Waals surface area contributed by atoms with E-state index in [1.807, 2.05) is 0 Å². The summed E-state index contributed by atoms with van der Waals surface area (Å²) in [6, 6.07) is 18.1. The lowest BCUT2D eigenvalue weighted by Gasteiger charge is -2.37. The first-order valence-electron chi connectivity index (χ1n) is 8.76. The highest BCUT2D eigenvalue weighted by Gasteiger charge is 2.45. The fourth-order valence-corrected chi connectivity index (χ4v) is 5.49. The number of allylic oxidation sites excluding steroid dienone is 4. The van der Waals surface area contributed by atoms with Crippen LogP contribution in [-0.2, 0) is 0 Å². The van der Waals surface area contributed by atoms with Gasteiger partial charge in [-0.05, 0) is 59.6 Å². The molecule has 1 saturated carbocycles. The molecule has 5 rings (SSSR count). The minimum absolute atomic E-state index is 0.610. The Kier molecular flexibility index (Phi) is 2.60. The van der Waals surface area contributed by atoms with Gasteiger partial charge in [0.1, 0.15) is 0 Å². The highest BCUT2D eigenvalue weighted by molar-refractivity contribution is 5.83. The van der Waals surface area contributed by atoms with Crippen molar-refractivity contribution in [3.63, 3.8) is 0 Å². The van der Waals surface area contributed by atoms with E-state index in [9.17, 15) is 0 Å². The number of hydrogen-bond acceptors (Lipinski definition) is 0. The van der Waals surface area contributed by atoms with Crippen LogP contribution in [0.3, 0.4) is 0 Å². The molecule has 114 valence electrons. The maximum Gasteiger partial charge on any atom is 0.00979 e. The fraction of sp³-hybridized carbons (Fsp3) is 0.304. The van der Waals surface area contributed by atoms with Gasteiger partial charge in [-0.15, -0.1) is 0 Å². The molecule has 0 amide bonds. The third-order valence-electron chi connectivity index (χ3n) is 6.55. The molecule has 0 radical (unpaired) electrons. The predicted molar refractivity (Wildman–Crippen MR) is 97.3 cm³/mol. The highest BCUT2D eigenvalue weighted by Crippen LogP contribution is 2.61. The lowest BCUT2D eigenvalue weighted by Crippen LogP contribution is -2.24. The van der Waals surface area contributed by atoms with Crippen molar-refractivity contribution in [1.82, 2.24) is 0 Å². The van der Waals surface area contributed by atoms with Gasteiger partial charge in [0.15, 0.2) is 0 Å². The predicted octanol–water partition coefficient (Wildman–Crippen LogP) is 6.17. The van der Waals surface area contributed by atoms with E-state index in [0.717, 1.165) is 0 Å². The molecule has 3 aliphatic carbocycles. The van der Waals surface area contributed by atoms with Crippen LogP contribution in [0.25, 0.3) is 11.1 Å². The Morgan fingerprint density at radius 1 is 0.696 bits per heavy atom. The lowest BCUT2D eigenvalue weighted by atomic mass is 9.66. The molecule has 0 nitrogen and oxygen atoms in total. The van der Waals surface area contributed by atoms with Crippen LogP contribution in [0.15, 0.2) is 59.7 Å². The molecule has 2 unspecified atom stereocenters. The van der Waals surface area contributed by atoms with E-state index in [2.05, 4.69) is 69.3 Å². The summed E-state index contributed by atoms with van der Waals surface area (Å²) in [5.74, 6) is 1.86. The molecule has 0 spiro atoms. The topological polar surface area (TPSA) is 0 Å². The van der Waals surface area contributed by atoms with Gasteiger partial charge in [-0.25, -0.2) is 0 Å². The van der Waals surface area contributed by atoms with Crippen molar-refractivity contribution < 1.29 is 0 Å². The SMILES string of the molecule is CC1=C2CC3=C(C)c4ccccc4C3C(C)C2c2ccccc21. The standard InChI is InChI=1S/C23H22/c1-13-16-8-4-6-10-18(16)22-15(3)23-19-11-7-5-9-17(19)14(2)21(23)12-20(13)22/h4-11,15,22-23H,12H2,1-3H3. The lowest BCUT2D eigenvalue weighted by molar-refractivity contribution is 0.416. The number of fused-ring (bicyclic) bond motifs is 6. The normalized spacial score (nSPS) is 27.7. The summed E-state index contributed by atoms with van der Waals surface area (Å²) in [5.41, 5.74) is 12.5. The average Bonchev–Trinajstić information content (AvgIpc) is 3.03. The number of benzene rings is 2. The van der Waals surface area contributed by atoms with Gasteiger partial charge in [0, 0.05) is 11.8 Å². The minimum atomic E-state index is 0.610. The molecule has 1 fully saturated rings. The molecule has 0 saturated heterocycles. The van der Waals surface area contributed by atoms with Crippen molar-refractivity contribution in [2.24, 2.45) is 5.92 Å². The molecular weight excluding hydrogens is 276 g/mol. The first kappa shape index (κ1) is 13.4. The maximum absolute atomic E-state index is 2.47. The molecule has 2 aromatic rings. The van der Waals surface area contributed by atoms with E-state index < -0.39 is 0 Å². The van der Waals surface area contributed by atoms with Crippen LogP contribution in [0.5, 0.6) is 0 Å². The maximum atomic E-state index is 2.47. The van der Waals surface area contributed by atoms with Crippen molar-refractivity contribution in [2.75, 3.05) is 0 Å². The molecular formula is C23H22. The Hall–Kier alpha value is -2.08. The summed E-state index contributed by atoms with van der Waals surface area (Å²) in [6.45, 7) is 7.14. The second-order valence-electron chi connectivity index (χ2n) is 7.47. The third kappa shape index (κ3) is 1.57. The smallest absolute Gasteiger partial charge is 0.00979 e. The van der Waals surface area contributed by atoms with Crippen LogP contribution in [0.1, 0.15) is 61.3 Å². The van der Waals surface area contributed by atoms with Crippen molar-refractivity contribution in [3.05, 3.63) is 81.9 Å². The second-order valence-corrected chi connectivity index (χ2v) is 7.47. The quantitative estimate of drug-likeness (QED) is 0.545. The summed E-state index contributed by atoms with van der Waals surface area (Å²) in [5, 5.41) is 0. The van der Waals surface area contributed by atoms with Gasteiger partial charge in [-0.1, -0.05) is 66.6 Å². The van der Waals surface area contributed by atoms with Crippen LogP contribution in [0.2, 0.25) is 0 Å². The van der Waals surface area contributed by atoms with Crippen molar-refractivity contribution in [3.8, 4) is 0 Å². The molecule has 0 heteroatoms. The molecule has 0 bridgehead atoms. The number of hydrogen-bond donors (Lipinski definition) is 0. The van der Waals surface area contributed by atoms with Crippen LogP contribution in [-0.4, -0.2) is 0 Å². The van der Waals surface area contributed by atoms with Gasteiger partial charge in [-0.2, -0.15) is 0 Å². The summed E-state index contributed by atoms with van der Waals surface area (Å²) in [4.78, 5) is 0. The third-order valence-corrected chi connectivity index (χ3v) is 6.55. The van der Waals surface area contributed by atoms with Gasteiger partial charge in [0.25, 0.3) is 0 Å². The van der Waals surface area contributed by atoms with Crippen molar-refractivity contribution >= 4 is 11.1 Å². The van der Waals surface area contributed by atoms with Crippen LogP contribution in [0.4, 0.5) is 0 Å². The Bertz CT molecular complexity index is 820. The van der Waals surface area contributed by atoms with E-state index in [0.29, 0.717) is 17.8 Å². The van der Waals surface area contributed by atoms with E-state index in [-0.39, 0.29) is 0 Å². The number of rotatable bonds is 0. The van der Waals surface area contributed by atoms with E-state index in [1.54, 1.807) is 22.3 Å². The van der Waals surface area contributed by atoms with Crippen LogP contribution >= 0.6 is 0 Å². The van der Waals surface area contributed by atoms with E-state index >= 15 is 0 Å². The Morgan fingerprint density at radius 3 is 1.61 bits per heavy atom. The first-order chi connectivity index (χ1) is 11.2. The monoisotopic (exact) mass is 298 g/mol. The van der Waals surface area contributed by atoms with Gasteiger partial charge < -0.3 is 0 Å². The molecule has 3 aliphatic rings. The molecule has 0 aromatic heterocycles. The van der Waals surface area contributed by atoms with Gasteiger partial charge in [0.2, 0.25) is 0 Å². The largest absolute Gasteiger partial charge is 0.0619 e. The first-order valence-corrected chi connectivity index (χ1v) is 8.76. The van der Waals surface area contributed by atoms with Gasteiger partial charge in [0.05, 0.1) is 0 Å². The zero-order chi connectivity index (χ0) is 15.7. The molecule has 0 heterocycles. The Morgan fingerprint density at radius 2 is 1.13 bits per heavy atom. The summed E-state index contributed by atoms with van der Waals surface area (Å²) >= 11 is 0. The summed E-state index contributed by atoms with van der Waals surface area (Å²) in [7, 11) is 0. The highest BCUT2D eigenvalue weighted by atomic mass is 14.5. The molecule has 23 heavy (non-hydrogen) atoms. The molecule has 2 atom stereocenters. The van der Waals surface area contributed by atoms with Gasteiger partial charge >= 0.3 is 0 Å². The molecule has 0 N–H and O–H groups in total. The summed E-state index contributed by atoms with van der Waals surface area (Å²) < 4.78 is 0. The van der Waals surface area contributed by atoms with E-state index in [1.165, 1.54) is 28.7 Å². The second kappa shape index (κ2) is 4.47. The zero-order valence-electron chi connectivity index (χ0n) is 14.1. The van der Waals surface area contributed by atoms with Gasteiger partial charge in [-0.3, -0.25) is 0 Å². The molecule has 0 aliphatic heterocycles. The van der Waals surface area contributed by atoms with Crippen molar-refractivity contribution in [1.29, 1.82) is 0 Å². The van der Waals surface area contributed by atoms with E-state index in [4.69, 9.17) is 0 Å². The average molecular weight is 298 g/mol.